The number of nitrogens with one attached hydrogen (secondary N) is 5. The van der Waals surface area contributed by atoms with E-state index in [2.05, 4.69) is 36.4 Å². The van der Waals surface area contributed by atoms with Gasteiger partial charge in [0.05, 0.1) is 49.4 Å². The van der Waals surface area contributed by atoms with Gasteiger partial charge in [-0.1, -0.05) is 6.42 Å². The Morgan fingerprint density at radius 3 is 2.71 bits per heavy atom. The molecule has 42 heavy (non-hydrogen) atoms. The van der Waals surface area contributed by atoms with E-state index in [1.165, 1.54) is 19.3 Å². The molecule has 6 N–H and O–H groups in total. The summed E-state index contributed by atoms with van der Waals surface area (Å²) in [6.07, 6.45) is 8.47. The maximum absolute atomic E-state index is 13.4. The first-order chi connectivity index (χ1) is 20.5. The van der Waals surface area contributed by atoms with Gasteiger partial charge in [-0.3, -0.25) is 25.6 Å². The van der Waals surface area contributed by atoms with Crippen molar-refractivity contribution in [1.82, 2.24) is 36.4 Å². The predicted octanol–water partition coefficient (Wildman–Crippen LogP) is -0.167. The number of hydrogen-bond acceptors (Lipinski definition) is 10. The highest BCUT2D eigenvalue weighted by atomic mass is 35.5. The minimum atomic E-state index is -0.577. The van der Waals surface area contributed by atoms with Crippen LogP contribution in [0.25, 0.3) is 0 Å². The zero-order valence-corrected chi connectivity index (χ0v) is 25.9. The summed E-state index contributed by atoms with van der Waals surface area (Å²) in [6.45, 7) is 8.82. The van der Waals surface area contributed by atoms with Gasteiger partial charge in [0, 0.05) is 64.3 Å². The number of nitrogens with zero attached hydrogens (tertiary/aromatic N) is 2. The zero-order chi connectivity index (χ0) is 28.9. The molecule has 9 atom stereocenters. The fourth-order valence-corrected chi connectivity index (χ4v) is 8.51. The Balaban J connectivity index is 0.931. The molecule has 0 radical (unpaired) electrons. The number of halogens is 1. The summed E-state index contributed by atoms with van der Waals surface area (Å²) >= 11 is 6.95. The molecule has 12 heteroatoms. The van der Waals surface area contributed by atoms with Crippen LogP contribution in [0.5, 0.6) is 0 Å². The van der Waals surface area contributed by atoms with E-state index in [1.807, 2.05) is 0 Å². The second kappa shape index (κ2) is 15.1. The van der Waals surface area contributed by atoms with Crippen LogP contribution in [0, 0.1) is 17.8 Å². The van der Waals surface area contributed by atoms with E-state index in [0.29, 0.717) is 44.3 Å². The Morgan fingerprint density at radius 2 is 1.95 bits per heavy atom. The number of alkyl halides is 1. The summed E-state index contributed by atoms with van der Waals surface area (Å²) < 4.78 is 11.8. The largest absolute Gasteiger partial charge is 0.390 e. The average molecular weight is 612 g/mol. The van der Waals surface area contributed by atoms with E-state index in [9.17, 15) is 9.90 Å². The van der Waals surface area contributed by atoms with E-state index in [4.69, 9.17) is 21.1 Å². The molecule has 8 unspecified atom stereocenters. The standard InChI is InChI=1S/C30H54ClN7O4/c31-29-25-6-9-37(16-20(25)4-5-26(29)41-18-24-15-33-19-42-24)17-23(39)14-34-30(40)21-12-27(35-22-2-1-3-22)36-28(13-21)38-10-7-32-8-11-38/h20-29,32-33,35-36,39H,1-19H2,(H,34,40)/t20?,21?,23-,24?,25?,26?,27?,28?,29?/m0/s1. The molecule has 4 aliphatic heterocycles. The first-order valence-electron chi connectivity index (χ1n) is 16.7. The number of likely N-dealkylation sites (tertiary alicyclic amines) is 1. The molecule has 2 aliphatic carbocycles. The first-order valence-corrected chi connectivity index (χ1v) is 17.2. The van der Waals surface area contributed by atoms with Gasteiger partial charge in [-0.05, 0) is 63.3 Å². The number of hydrogen-bond donors (Lipinski definition) is 6. The fraction of sp³-hybridized carbons (Fsp3) is 0.967. The van der Waals surface area contributed by atoms with Gasteiger partial charge in [0.1, 0.15) is 0 Å². The lowest BCUT2D eigenvalue weighted by Crippen LogP contribution is -2.64. The minimum absolute atomic E-state index is 0.0297. The molecule has 6 fully saturated rings. The maximum atomic E-state index is 13.4. The van der Waals surface area contributed by atoms with E-state index >= 15 is 0 Å². The van der Waals surface area contributed by atoms with Gasteiger partial charge < -0.3 is 30.1 Å². The van der Waals surface area contributed by atoms with Crippen molar-refractivity contribution in [3.05, 3.63) is 0 Å². The summed E-state index contributed by atoms with van der Waals surface area (Å²) in [5.41, 5.74) is 0. The Labute approximate surface area is 256 Å². The second-order valence-electron chi connectivity index (χ2n) is 13.6. The third-order valence-electron chi connectivity index (χ3n) is 10.7. The Bertz CT molecular complexity index is 860. The van der Waals surface area contributed by atoms with Gasteiger partial charge in [0.2, 0.25) is 5.91 Å². The zero-order valence-electron chi connectivity index (χ0n) is 25.2. The van der Waals surface area contributed by atoms with Crippen LogP contribution < -0.4 is 26.6 Å². The number of fused-ring (bicyclic) bond motifs is 1. The molecule has 2 saturated carbocycles. The topological polar surface area (TPSA) is 122 Å². The summed E-state index contributed by atoms with van der Waals surface area (Å²) in [4.78, 5) is 18.2. The lowest BCUT2D eigenvalue weighted by Gasteiger charge is -2.46. The maximum Gasteiger partial charge on any atom is 0.223 e. The number of aliphatic hydroxyl groups is 1. The molecule has 240 valence electrons. The van der Waals surface area contributed by atoms with Crippen LogP contribution >= 0.6 is 11.6 Å². The molecule has 0 spiro atoms. The van der Waals surface area contributed by atoms with Crippen LogP contribution in [0.1, 0.15) is 51.4 Å². The molecule has 6 rings (SSSR count). The molecular formula is C30H54ClN7O4. The molecule has 11 nitrogen and oxygen atoms in total. The van der Waals surface area contributed by atoms with E-state index in [1.54, 1.807) is 0 Å². The molecule has 4 saturated heterocycles. The highest BCUT2D eigenvalue weighted by Crippen LogP contribution is 2.40. The fourth-order valence-electron chi connectivity index (χ4n) is 7.98. The number of amides is 1. The summed E-state index contributed by atoms with van der Waals surface area (Å²) in [7, 11) is 0. The summed E-state index contributed by atoms with van der Waals surface area (Å²) in [5, 5.41) is 28.3. The average Bonchev–Trinajstić information content (AvgIpc) is 3.51. The quantitative estimate of drug-likeness (QED) is 0.176. The van der Waals surface area contributed by atoms with Crippen molar-refractivity contribution < 1.29 is 19.4 Å². The second-order valence-corrected chi connectivity index (χ2v) is 14.1. The Hall–Kier alpha value is -0.600. The molecule has 0 aromatic carbocycles. The van der Waals surface area contributed by atoms with Crippen molar-refractivity contribution in [3.8, 4) is 0 Å². The van der Waals surface area contributed by atoms with Gasteiger partial charge in [-0.25, -0.2) is 0 Å². The normalized spacial score (nSPS) is 39.4. The predicted molar refractivity (Wildman–Crippen MR) is 162 cm³/mol. The lowest BCUT2D eigenvalue weighted by atomic mass is 9.73. The number of β-amino-alcohol motifs (C(OH)–C–C–N with tert-alkyl or cyclic N) is 1. The van der Waals surface area contributed by atoms with Crippen molar-refractivity contribution in [2.75, 3.05) is 72.2 Å². The van der Waals surface area contributed by atoms with Crippen molar-refractivity contribution in [1.29, 1.82) is 0 Å². The molecular weight excluding hydrogens is 558 g/mol. The van der Waals surface area contributed by atoms with E-state index in [0.717, 1.165) is 77.9 Å². The SMILES string of the molecule is O=C(NC[C@H](O)CN1CCC2C(CCC(OCC3CNCO3)C2Cl)C1)C1CC(NC2CCC2)NC(N2CCNCC2)C1. The molecule has 0 bridgehead atoms. The van der Waals surface area contributed by atoms with Crippen molar-refractivity contribution in [3.63, 3.8) is 0 Å². The van der Waals surface area contributed by atoms with Crippen molar-refractivity contribution >= 4 is 17.5 Å². The van der Waals surface area contributed by atoms with Gasteiger partial charge in [-0.2, -0.15) is 0 Å². The smallest absolute Gasteiger partial charge is 0.223 e. The van der Waals surface area contributed by atoms with E-state index in [-0.39, 0.29) is 41.7 Å². The third kappa shape index (κ3) is 8.16. The number of carbonyl (C=O) groups excluding carboxylic acids is 1. The number of ether oxygens (including phenoxy) is 2. The van der Waals surface area contributed by atoms with Crippen molar-refractivity contribution in [2.45, 2.75) is 93.4 Å². The number of aliphatic hydroxyl groups excluding tert-OH is 1. The van der Waals surface area contributed by atoms with Gasteiger partial charge >= 0.3 is 0 Å². The monoisotopic (exact) mass is 611 g/mol. The van der Waals surface area contributed by atoms with Crippen LogP contribution in [-0.4, -0.2) is 135 Å². The van der Waals surface area contributed by atoms with Gasteiger partial charge in [0.15, 0.2) is 0 Å². The Morgan fingerprint density at radius 1 is 1.10 bits per heavy atom. The first kappa shape index (κ1) is 31.4. The Kier molecular flexibility index (Phi) is 11.3. The highest BCUT2D eigenvalue weighted by Gasteiger charge is 2.42. The number of piperazine rings is 1. The highest BCUT2D eigenvalue weighted by molar-refractivity contribution is 6.21. The van der Waals surface area contributed by atoms with Crippen LogP contribution in [0.3, 0.4) is 0 Å². The molecule has 0 aromatic rings. The number of piperidine rings is 2. The molecule has 4 heterocycles. The minimum Gasteiger partial charge on any atom is -0.390 e. The van der Waals surface area contributed by atoms with Crippen LogP contribution in [0.4, 0.5) is 0 Å². The van der Waals surface area contributed by atoms with Crippen LogP contribution in [0.15, 0.2) is 0 Å². The van der Waals surface area contributed by atoms with Crippen LogP contribution in [0.2, 0.25) is 0 Å². The molecule has 6 aliphatic rings. The van der Waals surface area contributed by atoms with Crippen LogP contribution in [-0.2, 0) is 14.3 Å². The van der Waals surface area contributed by atoms with Gasteiger partial charge in [-0.15, -0.1) is 11.6 Å². The van der Waals surface area contributed by atoms with E-state index < -0.39 is 6.10 Å². The lowest BCUT2D eigenvalue weighted by molar-refractivity contribution is -0.128. The third-order valence-corrected chi connectivity index (χ3v) is 11.3. The molecule has 1 amide bonds. The van der Waals surface area contributed by atoms with Crippen molar-refractivity contribution in [2.24, 2.45) is 17.8 Å². The number of carbonyl (C=O) groups is 1. The van der Waals surface area contributed by atoms with Gasteiger partial charge in [0.25, 0.3) is 0 Å². The number of rotatable bonds is 11. The summed E-state index contributed by atoms with van der Waals surface area (Å²) in [5.74, 6) is 1.01. The summed E-state index contributed by atoms with van der Waals surface area (Å²) in [6, 6.07) is 0.569. The molecule has 0 aromatic heterocycles.